The minimum absolute atomic E-state index is 0.0747. The van der Waals surface area contributed by atoms with E-state index in [9.17, 15) is 26.4 Å². The van der Waals surface area contributed by atoms with Crippen LogP contribution in [0.1, 0.15) is 37.7 Å². The normalized spacial score (nSPS) is 20.1. The molecule has 0 aliphatic heterocycles. The molecule has 0 saturated heterocycles. The maximum atomic E-state index is 12.8. The standard InChI is InChI=1S/C20H29F3N2O5S/c1-24(12-13-26)19(27)11-14-30-17-7-5-16(6-8-17)25(2)31(28,29)18-9-3-15(4-10-18)20(21,22)23/h3-4,9-10,16-17,26H,5-8,11-14H2,1-2H3/t16-,17-. The highest BCUT2D eigenvalue weighted by atomic mass is 32.2. The minimum Gasteiger partial charge on any atom is -0.395 e. The molecule has 0 heterocycles. The lowest BCUT2D eigenvalue weighted by molar-refractivity contribution is -0.137. The number of carbonyl (C=O) groups is 1. The molecule has 1 aliphatic rings. The molecular formula is C20H29F3N2O5S. The van der Waals surface area contributed by atoms with Crippen LogP contribution in [-0.4, -0.2) is 74.6 Å². The summed E-state index contributed by atoms with van der Waals surface area (Å²) in [5.74, 6) is -0.120. The van der Waals surface area contributed by atoms with Gasteiger partial charge in [0, 0.05) is 26.7 Å². The SMILES string of the molecule is CN(CCO)C(=O)CCO[C@H]1CC[C@H](N(C)S(=O)(=O)c2ccc(C(F)(F)F)cc2)CC1. The summed E-state index contributed by atoms with van der Waals surface area (Å²) in [7, 11) is -0.860. The highest BCUT2D eigenvalue weighted by molar-refractivity contribution is 7.89. The van der Waals surface area contributed by atoms with Gasteiger partial charge in [-0.1, -0.05) is 0 Å². The predicted octanol–water partition coefficient (Wildman–Crippen LogP) is 2.49. The minimum atomic E-state index is -4.52. The lowest BCUT2D eigenvalue weighted by atomic mass is 9.93. The molecule has 0 bridgehead atoms. The molecule has 1 saturated carbocycles. The number of hydrogen-bond donors (Lipinski definition) is 1. The molecule has 0 aromatic heterocycles. The Morgan fingerprint density at radius 3 is 2.23 bits per heavy atom. The van der Waals surface area contributed by atoms with Crippen LogP contribution in [0.4, 0.5) is 13.2 Å². The molecule has 31 heavy (non-hydrogen) atoms. The fraction of sp³-hybridized carbons (Fsp3) is 0.650. The summed E-state index contributed by atoms with van der Waals surface area (Å²) in [6.45, 7) is 0.420. The molecule has 1 amide bonds. The van der Waals surface area contributed by atoms with Crippen LogP contribution < -0.4 is 0 Å². The lowest BCUT2D eigenvalue weighted by Gasteiger charge is -2.34. The van der Waals surface area contributed by atoms with Gasteiger partial charge in [0.05, 0.1) is 36.2 Å². The molecule has 11 heteroatoms. The van der Waals surface area contributed by atoms with E-state index in [1.54, 1.807) is 7.05 Å². The topological polar surface area (TPSA) is 87.2 Å². The van der Waals surface area contributed by atoms with Gasteiger partial charge in [0.25, 0.3) is 0 Å². The van der Waals surface area contributed by atoms with Crippen LogP contribution >= 0.6 is 0 Å². The Balaban J connectivity index is 1.85. The zero-order chi connectivity index (χ0) is 23.2. The van der Waals surface area contributed by atoms with Gasteiger partial charge in [-0.3, -0.25) is 4.79 Å². The maximum Gasteiger partial charge on any atom is 0.416 e. The molecule has 0 spiro atoms. The number of nitrogens with zero attached hydrogens (tertiary/aromatic N) is 2. The average molecular weight is 467 g/mol. The Bertz CT molecular complexity index is 822. The van der Waals surface area contributed by atoms with E-state index in [1.807, 2.05) is 0 Å². The van der Waals surface area contributed by atoms with Crippen LogP contribution in [-0.2, 0) is 25.7 Å². The largest absolute Gasteiger partial charge is 0.416 e. The van der Waals surface area contributed by atoms with Crippen molar-refractivity contribution in [3.63, 3.8) is 0 Å². The number of benzene rings is 1. The summed E-state index contributed by atoms with van der Waals surface area (Å²) >= 11 is 0. The Hall–Kier alpha value is -1.69. The van der Waals surface area contributed by atoms with Crippen LogP contribution in [0.15, 0.2) is 29.2 Å². The van der Waals surface area contributed by atoms with E-state index in [2.05, 4.69) is 0 Å². The highest BCUT2D eigenvalue weighted by Gasteiger charge is 2.34. The van der Waals surface area contributed by atoms with E-state index < -0.39 is 21.8 Å². The van der Waals surface area contributed by atoms with Crippen molar-refractivity contribution in [1.82, 2.24) is 9.21 Å². The summed E-state index contributed by atoms with van der Waals surface area (Å²) in [6.07, 6.45) is -2.03. The number of halogens is 3. The van der Waals surface area contributed by atoms with E-state index in [4.69, 9.17) is 9.84 Å². The second-order valence-corrected chi connectivity index (χ2v) is 9.63. The monoisotopic (exact) mass is 466 g/mol. The number of rotatable bonds is 9. The first kappa shape index (κ1) is 25.6. The number of carbonyl (C=O) groups excluding carboxylic acids is 1. The third-order valence-electron chi connectivity index (χ3n) is 5.55. The molecule has 2 rings (SSSR count). The van der Waals surface area contributed by atoms with Crippen molar-refractivity contribution < 1.29 is 36.2 Å². The van der Waals surface area contributed by atoms with Crippen molar-refractivity contribution in [2.45, 2.75) is 55.3 Å². The van der Waals surface area contributed by atoms with Gasteiger partial charge in [-0.15, -0.1) is 0 Å². The molecule has 0 radical (unpaired) electrons. The second-order valence-electron chi connectivity index (χ2n) is 7.63. The van der Waals surface area contributed by atoms with Crippen molar-refractivity contribution in [3.05, 3.63) is 29.8 Å². The number of alkyl halides is 3. The number of likely N-dealkylation sites (N-methyl/N-ethyl adjacent to an activating group) is 1. The number of ether oxygens (including phenoxy) is 1. The smallest absolute Gasteiger partial charge is 0.395 e. The summed E-state index contributed by atoms with van der Waals surface area (Å²) in [5, 5.41) is 8.84. The second kappa shape index (κ2) is 10.8. The van der Waals surface area contributed by atoms with Crippen molar-refractivity contribution >= 4 is 15.9 Å². The van der Waals surface area contributed by atoms with E-state index in [-0.39, 0.29) is 49.1 Å². The molecule has 7 nitrogen and oxygen atoms in total. The number of aliphatic hydroxyl groups excluding tert-OH is 1. The maximum absolute atomic E-state index is 12.8. The summed E-state index contributed by atoms with van der Waals surface area (Å²) < 4.78 is 70.7. The molecule has 1 aromatic carbocycles. The number of amides is 1. The van der Waals surface area contributed by atoms with E-state index in [0.717, 1.165) is 24.3 Å². The Morgan fingerprint density at radius 1 is 1.13 bits per heavy atom. The molecule has 1 aromatic rings. The van der Waals surface area contributed by atoms with Crippen LogP contribution in [0.2, 0.25) is 0 Å². The fourth-order valence-corrected chi connectivity index (χ4v) is 4.95. The predicted molar refractivity (Wildman–Crippen MR) is 108 cm³/mol. The van der Waals surface area contributed by atoms with Crippen LogP contribution in [0.25, 0.3) is 0 Å². The van der Waals surface area contributed by atoms with Crippen LogP contribution in [0.5, 0.6) is 0 Å². The van der Waals surface area contributed by atoms with Gasteiger partial charge in [0.2, 0.25) is 15.9 Å². The van der Waals surface area contributed by atoms with E-state index in [1.165, 1.54) is 16.3 Å². The molecule has 1 aliphatic carbocycles. The number of sulfonamides is 1. The Morgan fingerprint density at radius 2 is 1.71 bits per heavy atom. The Kier molecular flexibility index (Phi) is 8.87. The van der Waals surface area contributed by atoms with Gasteiger partial charge >= 0.3 is 6.18 Å². The van der Waals surface area contributed by atoms with E-state index >= 15 is 0 Å². The fourth-order valence-electron chi connectivity index (χ4n) is 3.53. The van der Waals surface area contributed by atoms with Crippen molar-refractivity contribution in [2.24, 2.45) is 0 Å². The molecule has 176 valence electrons. The van der Waals surface area contributed by atoms with Crippen molar-refractivity contribution in [3.8, 4) is 0 Å². The van der Waals surface area contributed by atoms with Gasteiger partial charge in [0.1, 0.15) is 0 Å². The first-order chi connectivity index (χ1) is 14.5. The zero-order valence-electron chi connectivity index (χ0n) is 17.6. The summed E-state index contributed by atoms with van der Waals surface area (Å²) in [6, 6.07) is 3.22. The average Bonchev–Trinajstić information content (AvgIpc) is 2.73. The molecule has 0 unspecified atom stereocenters. The number of aliphatic hydroxyl groups is 1. The molecule has 1 N–H and O–H groups in total. The highest BCUT2D eigenvalue weighted by Crippen LogP contribution is 2.32. The van der Waals surface area contributed by atoms with Gasteiger partial charge in [-0.05, 0) is 49.9 Å². The van der Waals surface area contributed by atoms with E-state index in [0.29, 0.717) is 25.7 Å². The van der Waals surface area contributed by atoms with Crippen LogP contribution in [0, 0.1) is 0 Å². The third kappa shape index (κ3) is 6.90. The van der Waals surface area contributed by atoms with Crippen molar-refractivity contribution in [2.75, 3.05) is 33.9 Å². The third-order valence-corrected chi connectivity index (χ3v) is 7.47. The summed E-state index contributed by atoms with van der Waals surface area (Å²) in [5.41, 5.74) is -0.896. The van der Waals surface area contributed by atoms with Gasteiger partial charge in [0.15, 0.2) is 0 Å². The molecular weight excluding hydrogens is 437 g/mol. The number of hydrogen-bond acceptors (Lipinski definition) is 5. The van der Waals surface area contributed by atoms with Gasteiger partial charge < -0.3 is 14.7 Å². The summed E-state index contributed by atoms with van der Waals surface area (Å²) in [4.78, 5) is 13.1. The first-order valence-electron chi connectivity index (χ1n) is 10.1. The van der Waals surface area contributed by atoms with Gasteiger partial charge in [-0.25, -0.2) is 8.42 Å². The zero-order valence-corrected chi connectivity index (χ0v) is 18.5. The van der Waals surface area contributed by atoms with Crippen LogP contribution in [0.3, 0.4) is 0 Å². The first-order valence-corrected chi connectivity index (χ1v) is 11.5. The lowest BCUT2D eigenvalue weighted by Crippen LogP contribution is -2.40. The quantitative estimate of drug-likeness (QED) is 0.604. The molecule has 0 atom stereocenters. The molecule has 1 fully saturated rings. The van der Waals surface area contributed by atoms with Gasteiger partial charge in [-0.2, -0.15) is 17.5 Å². The Labute approximate surface area is 180 Å². The van der Waals surface area contributed by atoms with Crippen molar-refractivity contribution in [1.29, 1.82) is 0 Å².